The van der Waals surface area contributed by atoms with Gasteiger partial charge < -0.3 is 14.6 Å². The monoisotopic (exact) mass is 216 g/mol. The molecular formula is C11H20O4. The number of carbonyl (C=O) groups excluding carboxylic acids is 1. The predicted octanol–water partition coefficient (Wildman–Crippen LogP) is 1.26. The Morgan fingerprint density at radius 1 is 1.27 bits per heavy atom. The van der Waals surface area contributed by atoms with Gasteiger partial charge in [0.25, 0.3) is 0 Å². The summed E-state index contributed by atoms with van der Waals surface area (Å²) < 4.78 is 9.69. The summed E-state index contributed by atoms with van der Waals surface area (Å²) in [5.74, 6) is -0.323. The molecule has 1 N–H and O–H groups in total. The van der Waals surface area contributed by atoms with Gasteiger partial charge in [-0.2, -0.15) is 0 Å². The lowest BCUT2D eigenvalue weighted by atomic mass is 9.82. The van der Waals surface area contributed by atoms with Crippen LogP contribution in [0.25, 0.3) is 0 Å². The molecule has 0 aliphatic heterocycles. The minimum absolute atomic E-state index is 0.122. The van der Waals surface area contributed by atoms with Crippen molar-refractivity contribution in [1.82, 2.24) is 0 Å². The molecule has 0 atom stereocenters. The average molecular weight is 216 g/mol. The molecule has 0 unspecified atom stereocenters. The molecule has 0 amide bonds. The fraction of sp³-hybridized carbons (Fsp3) is 0.909. The number of carbonyl (C=O) groups is 1. The lowest BCUT2D eigenvalue weighted by Gasteiger charge is -2.30. The number of rotatable bonds is 5. The van der Waals surface area contributed by atoms with Crippen LogP contribution in [-0.4, -0.2) is 37.0 Å². The lowest BCUT2D eigenvalue weighted by Crippen LogP contribution is -2.34. The third-order valence-electron chi connectivity index (χ3n) is 2.81. The second-order valence-electron chi connectivity index (χ2n) is 4.18. The molecule has 4 heteroatoms. The Hall–Kier alpha value is -0.610. The number of esters is 1. The molecule has 1 saturated carbocycles. The van der Waals surface area contributed by atoms with Gasteiger partial charge in [-0.25, -0.2) is 0 Å². The first-order chi connectivity index (χ1) is 7.16. The summed E-state index contributed by atoms with van der Waals surface area (Å²) in [6.07, 6.45) is 4.71. The topological polar surface area (TPSA) is 55.8 Å². The number of ether oxygens (including phenoxy) is 2. The van der Waals surface area contributed by atoms with Crippen LogP contribution in [0, 0.1) is 0 Å². The largest absolute Gasteiger partial charge is 0.463 e. The van der Waals surface area contributed by atoms with Crippen LogP contribution in [0.1, 0.15) is 38.5 Å². The van der Waals surface area contributed by atoms with E-state index in [2.05, 4.69) is 0 Å². The third-order valence-corrected chi connectivity index (χ3v) is 2.81. The molecule has 15 heavy (non-hydrogen) atoms. The van der Waals surface area contributed by atoms with E-state index < -0.39 is 5.60 Å². The van der Waals surface area contributed by atoms with Crippen molar-refractivity contribution in [2.24, 2.45) is 0 Å². The third kappa shape index (κ3) is 4.62. The standard InChI is InChI=1S/C11H20O4/c1-14-7-8-15-10(12)9-11(13)5-3-2-4-6-11/h13H,2-9H2,1H3. The van der Waals surface area contributed by atoms with Gasteiger partial charge in [0.05, 0.1) is 18.6 Å². The number of hydrogen-bond donors (Lipinski definition) is 1. The van der Waals surface area contributed by atoms with Crippen LogP contribution in [0.2, 0.25) is 0 Å². The molecular weight excluding hydrogens is 196 g/mol. The minimum atomic E-state index is -0.817. The Balaban J connectivity index is 2.23. The van der Waals surface area contributed by atoms with Crippen LogP contribution in [0.15, 0.2) is 0 Å². The van der Waals surface area contributed by atoms with Crippen LogP contribution in [0.5, 0.6) is 0 Å². The molecule has 1 fully saturated rings. The average Bonchev–Trinajstić information content (AvgIpc) is 2.18. The first-order valence-electron chi connectivity index (χ1n) is 5.53. The van der Waals surface area contributed by atoms with Gasteiger partial charge >= 0.3 is 5.97 Å². The molecule has 0 aromatic heterocycles. The molecule has 0 bridgehead atoms. The highest BCUT2D eigenvalue weighted by Crippen LogP contribution is 2.30. The maximum Gasteiger partial charge on any atom is 0.308 e. The van der Waals surface area contributed by atoms with Gasteiger partial charge in [0, 0.05) is 7.11 Å². The maximum atomic E-state index is 11.4. The summed E-state index contributed by atoms with van der Waals surface area (Å²) in [5.41, 5.74) is -0.817. The summed E-state index contributed by atoms with van der Waals surface area (Å²) in [4.78, 5) is 11.4. The van der Waals surface area contributed by atoms with Gasteiger partial charge in [-0.05, 0) is 12.8 Å². The summed E-state index contributed by atoms with van der Waals surface area (Å²) in [6.45, 7) is 0.676. The first-order valence-corrected chi connectivity index (χ1v) is 5.53. The molecule has 1 rings (SSSR count). The van der Waals surface area contributed by atoms with Crippen LogP contribution in [0.3, 0.4) is 0 Å². The smallest absolute Gasteiger partial charge is 0.308 e. The minimum Gasteiger partial charge on any atom is -0.463 e. The van der Waals surface area contributed by atoms with Crippen molar-refractivity contribution in [3.63, 3.8) is 0 Å². The van der Waals surface area contributed by atoms with Gasteiger partial charge in [-0.1, -0.05) is 19.3 Å². The summed E-state index contributed by atoms with van der Waals surface area (Å²) in [5, 5.41) is 10.1. The Bertz CT molecular complexity index is 197. The second-order valence-corrected chi connectivity index (χ2v) is 4.18. The predicted molar refractivity (Wildman–Crippen MR) is 55.5 cm³/mol. The lowest BCUT2D eigenvalue weighted by molar-refractivity contribution is -0.151. The van der Waals surface area contributed by atoms with Crippen molar-refractivity contribution in [2.75, 3.05) is 20.3 Å². The van der Waals surface area contributed by atoms with Crippen LogP contribution in [-0.2, 0) is 14.3 Å². The zero-order chi connectivity index (χ0) is 11.1. The van der Waals surface area contributed by atoms with Crippen LogP contribution >= 0.6 is 0 Å². The highest BCUT2D eigenvalue weighted by atomic mass is 16.6. The molecule has 0 spiro atoms. The quantitative estimate of drug-likeness (QED) is 0.555. The van der Waals surface area contributed by atoms with E-state index in [1.165, 1.54) is 0 Å². The summed E-state index contributed by atoms with van der Waals surface area (Å²) in [6, 6.07) is 0. The van der Waals surface area contributed by atoms with E-state index in [1.807, 2.05) is 0 Å². The molecule has 1 aliphatic rings. The summed E-state index contributed by atoms with van der Waals surface area (Å²) >= 11 is 0. The Morgan fingerprint density at radius 2 is 1.93 bits per heavy atom. The molecule has 4 nitrogen and oxygen atoms in total. The van der Waals surface area contributed by atoms with Crippen molar-refractivity contribution < 1.29 is 19.4 Å². The van der Waals surface area contributed by atoms with Crippen molar-refractivity contribution in [3.05, 3.63) is 0 Å². The Labute approximate surface area is 90.6 Å². The Kier molecular flexibility index (Phi) is 5.05. The molecule has 0 radical (unpaired) electrons. The van der Waals surface area contributed by atoms with Gasteiger partial charge in [0.15, 0.2) is 0 Å². The van der Waals surface area contributed by atoms with Crippen molar-refractivity contribution >= 4 is 5.97 Å². The molecule has 88 valence electrons. The molecule has 1 aliphatic carbocycles. The number of methoxy groups -OCH3 is 1. The van der Waals surface area contributed by atoms with Crippen LogP contribution in [0.4, 0.5) is 0 Å². The summed E-state index contributed by atoms with van der Waals surface area (Å²) in [7, 11) is 1.56. The van der Waals surface area contributed by atoms with Gasteiger partial charge in [0.1, 0.15) is 6.61 Å². The zero-order valence-electron chi connectivity index (χ0n) is 9.33. The molecule has 0 aromatic carbocycles. The highest BCUT2D eigenvalue weighted by Gasteiger charge is 2.32. The molecule has 0 heterocycles. The van der Waals surface area contributed by atoms with Crippen molar-refractivity contribution in [1.29, 1.82) is 0 Å². The second kappa shape index (κ2) is 6.08. The van der Waals surface area contributed by atoms with E-state index in [0.29, 0.717) is 19.4 Å². The number of aliphatic hydroxyl groups is 1. The first kappa shape index (κ1) is 12.5. The fourth-order valence-corrected chi connectivity index (χ4v) is 1.95. The SMILES string of the molecule is COCCOC(=O)CC1(O)CCCCC1. The van der Waals surface area contributed by atoms with Crippen molar-refractivity contribution in [3.8, 4) is 0 Å². The highest BCUT2D eigenvalue weighted by molar-refractivity contribution is 5.70. The van der Waals surface area contributed by atoms with Crippen LogP contribution < -0.4 is 0 Å². The fourth-order valence-electron chi connectivity index (χ4n) is 1.95. The van der Waals surface area contributed by atoms with E-state index in [4.69, 9.17) is 9.47 Å². The van der Waals surface area contributed by atoms with Gasteiger partial charge in [-0.3, -0.25) is 4.79 Å². The van der Waals surface area contributed by atoms with Crippen molar-refractivity contribution in [2.45, 2.75) is 44.1 Å². The normalized spacial score (nSPS) is 19.9. The number of hydrogen-bond acceptors (Lipinski definition) is 4. The van der Waals surface area contributed by atoms with Gasteiger partial charge in [0.2, 0.25) is 0 Å². The molecule has 0 saturated heterocycles. The zero-order valence-corrected chi connectivity index (χ0v) is 9.33. The molecule has 0 aromatic rings. The van der Waals surface area contributed by atoms with E-state index in [1.54, 1.807) is 7.11 Å². The maximum absolute atomic E-state index is 11.4. The van der Waals surface area contributed by atoms with E-state index in [0.717, 1.165) is 19.3 Å². The van der Waals surface area contributed by atoms with E-state index in [9.17, 15) is 9.90 Å². The van der Waals surface area contributed by atoms with E-state index >= 15 is 0 Å². The van der Waals surface area contributed by atoms with Gasteiger partial charge in [-0.15, -0.1) is 0 Å². The van der Waals surface area contributed by atoms with E-state index in [-0.39, 0.29) is 19.0 Å². The Morgan fingerprint density at radius 3 is 2.53 bits per heavy atom.